The van der Waals surface area contributed by atoms with Crippen molar-refractivity contribution in [3.63, 3.8) is 0 Å². The molecule has 1 heterocycles. The van der Waals surface area contributed by atoms with Gasteiger partial charge in [-0.3, -0.25) is 0 Å². The summed E-state index contributed by atoms with van der Waals surface area (Å²) in [4.78, 5) is 8.62. The molecule has 1 rings (SSSR count). The van der Waals surface area contributed by atoms with Crippen molar-refractivity contribution in [1.82, 2.24) is 15.3 Å². The van der Waals surface area contributed by atoms with Crippen molar-refractivity contribution in [2.24, 2.45) is 0 Å². The summed E-state index contributed by atoms with van der Waals surface area (Å²) in [5, 5.41) is 3.43. The predicted molar refractivity (Wildman–Crippen MR) is 84.6 cm³/mol. The molecule has 0 atom stereocenters. The Balaban J connectivity index is 2.46. The first-order chi connectivity index (χ1) is 9.57. The van der Waals surface area contributed by atoms with Crippen LogP contribution in [0.3, 0.4) is 0 Å². The van der Waals surface area contributed by atoms with Crippen LogP contribution in [0, 0.1) is 6.92 Å². The minimum absolute atomic E-state index is 0.0753. The molecule has 0 aliphatic heterocycles. The van der Waals surface area contributed by atoms with Crippen LogP contribution in [0.2, 0.25) is 0 Å². The average molecular weight is 295 g/mol. The first-order valence-electron chi connectivity index (χ1n) is 7.41. The van der Waals surface area contributed by atoms with E-state index >= 15 is 0 Å². The van der Waals surface area contributed by atoms with Gasteiger partial charge in [-0.15, -0.1) is 0 Å². The zero-order valence-corrected chi connectivity index (χ0v) is 14.4. The molecule has 0 amide bonds. The Kier molecular flexibility index (Phi) is 6.10. The number of hydrogen-bond acceptors (Lipinski definition) is 5. The first kappa shape index (κ1) is 17.9. The van der Waals surface area contributed by atoms with E-state index in [-0.39, 0.29) is 11.1 Å². The van der Waals surface area contributed by atoms with Crippen LogP contribution in [-0.2, 0) is 11.3 Å². The van der Waals surface area contributed by atoms with Gasteiger partial charge in [-0.1, -0.05) is 0 Å². The second-order valence-corrected chi connectivity index (χ2v) is 7.18. The molecule has 0 aliphatic rings. The lowest BCUT2D eigenvalue weighted by Gasteiger charge is -2.21. The van der Waals surface area contributed by atoms with Crippen molar-refractivity contribution in [3.05, 3.63) is 17.5 Å². The Hall–Kier alpha value is -1.20. The third kappa shape index (κ3) is 7.97. The maximum Gasteiger partial charge on any atom is 0.316 e. The molecule has 5 heteroatoms. The third-order valence-electron chi connectivity index (χ3n) is 2.72. The number of aromatic nitrogens is 2. The fraction of sp³-hybridized carbons (Fsp3) is 0.750. The molecule has 0 unspecified atom stereocenters. The molecular formula is C16H29N3O2. The predicted octanol–water partition coefficient (Wildman–Crippen LogP) is 2.87. The molecule has 120 valence electrons. The highest BCUT2D eigenvalue weighted by Gasteiger charge is 2.12. The smallest absolute Gasteiger partial charge is 0.316 e. The van der Waals surface area contributed by atoms with E-state index in [0.717, 1.165) is 17.8 Å². The highest BCUT2D eigenvalue weighted by Crippen LogP contribution is 2.11. The summed E-state index contributed by atoms with van der Waals surface area (Å²) in [6, 6.07) is 0.407. The van der Waals surface area contributed by atoms with Gasteiger partial charge in [0.2, 0.25) is 0 Å². The number of nitrogens with zero attached hydrogens (tertiary/aromatic N) is 2. The van der Waals surface area contributed by atoms with E-state index in [0.29, 0.717) is 19.2 Å². The number of ether oxygens (including phenoxy) is 2. The molecule has 0 bridgehead atoms. The van der Waals surface area contributed by atoms with Crippen LogP contribution in [-0.4, -0.2) is 34.3 Å². The van der Waals surface area contributed by atoms with Crippen molar-refractivity contribution in [3.8, 4) is 6.01 Å². The van der Waals surface area contributed by atoms with Crippen LogP contribution in [0.25, 0.3) is 0 Å². The minimum Gasteiger partial charge on any atom is -0.461 e. The highest BCUT2D eigenvalue weighted by molar-refractivity contribution is 5.17. The number of rotatable bonds is 6. The summed E-state index contributed by atoms with van der Waals surface area (Å²) in [7, 11) is 0. The normalized spacial score (nSPS) is 12.5. The monoisotopic (exact) mass is 295 g/mol. The van der Waals surface area contributed by atoms with Gasteiger partial charge in [-0.25, -0.2) is 9.97 Å². The maximum atomic E-state index is 5.59. The molecule has 0 aliphatic carbocycles. The Labute approximate surface area is 128 Å². The van der Waals surface area contributed by atoms with Gasteiger partial charge >= 0.3 is 6.01 Å². The van der Waals surface area contributed by atoms with E-state index in [1.54, 1.807) is 0 Å². The molecule has 1 aromatic rings. The lowest BCUT2D eigenvalue weighted by Crippen LogP contribution is -2.35. The SMILES string of the molecule is Cc1nc(OCCOC(C)(C)C)ncc1CNC(C)(C)C. The Morgan fingerprint density at radius 3 is 2.29 bits per heavy atom. The first-order valence-corrected chi connectivity index (χ1v) is 7.41. The highest BCUT2D eigenvalue weighted by atomic mass is 16.5. The van der Waals surface area contributed by atoms with Crippen molar-refractivity contribution < 1.29 is 9.47 Å². The Bertz CT molecular complexity index is 448. The second kappa shape index (κ2) is 7.18. The number of aryl methyl sites for hydroxylation is 1. The van der Waals surface area contributed by atoms with Crippen molar-refractivity contribution in [2.45, 2.75) is 66.2 Å². The van der Waals surface area contributed by atoms with Gasteiger partial charge in [0.15, 0.2) is 0 Å². The van der Waals surface area contributed by atoms with Crippen LogP contribution in [0.5, 0.6) is 6.01 Å². The quantitative estimate of drug-likeness (QED) is 0.818. The molecule has 21 heavy (non-hydrogen) atoms. The summed E-state index contributed by atoms with van der Waals surface area (Å²) >= 11 is 0. The summed E-state index contributed by atoms with van der Waals surface area (Å²) in [5.74, 6) is 0. The Morgan fingerprint density at radius 2 is 1.76 bits per heavy atom. The van der Waals surface area contributed by atoms with Gasteiger partial charge in [0.05, 0.1) is 12.2 Å². The van der Waals surface area contributed by atoms with Crippen molar-refractivity contribution in [2.75, 3.05) is 13.2 Å². The van der Waals surface area contributed by atoms with E-state index in [1.807, 2.05) is 33.9 Å². The molecule has 0 saturated heterocycles. The summed E-state index contributed by atoms with van der Waals surface area (Å²) in [6.07, 6.45) is 1.82. The van der Waals surface area contributed by atoms with E-state index < -0.39 is 0 Å². The van der Waals surface area contributed by atoms with Crippen molar-refractivity contribution in [1.29, 1.82) is 0 Å². The van der Waals surface area contributed by atoms with Gasteiger partial charge in [-0.05, 0) is 48.5 Å². The molecule has 0 radical (unpaired) electrons. The van der Waals surface area contributed by atoms with E-state index in [9.17, 15) is 0 Å². The van der Waals surface area contributed by atoms with E-state index in [1.165, 1.54) is 0 Å². The number of hydrogen-bond donors (Lipinski definition) is 1. The molecule has 0 spiro atoms. The minimum atomic E-state index is -0.150. The van der Waals surface area contributed by atoms with Gasteiger partial charge in [0, 0.05) is 29.5 Å². The topological polar surface area (TPSA) is 56.3 Å². The molecular weight excluding hydrogens is 266 g/mol. The van der Waals surface area contributed by atoms with Gasteiger partial charge in [-0.2, -0.15) is 0 Å². The van der Waals surface area contributed by atoms with Crippen molar-refractivity contribution >= 4 is 0 Å². The zero-order valence-electron chi connectivity index (χ0n) is 14.4. The summed E-state index contributed by atoms with van der Waals surface area (Å²) in [6.45, 7) is 16.2. The molecule has 1 N–H and O–H groups in total. The zero-order chi connectivity index (χ0) is 16.1. The number of nitrogens with one attached hydrogen (secondary N) is 1. The third-order valence-corrected chi connectivity index (χ3v) is 2.72. The Morgan fingerprint density at radius 1 is 1.10 bits per heavy atom. The fourth-order valence-corrected chi connectivity index (χ4v) is 1.55. The van der Waals surface area contributed by atoms with Crippen LogP contribution in [0.1, 0.15) is 52.8 Å². The standard InChI is InChI=1S/C16H29N3O2/c1-12-13(11-18-15(2,3)4)10-17-14(19-12)20-8-9-21-16(5,6)7/h10,18H,8-9,11H2,1-7H3. The van der Waals surface area contributed by atoms with Gasteiger partial charge < -0.3 is 14.8 Å². The molecule has 0 aromatic carbocycles. The molecule has 0 fully saturated rings. The average Bonchev–Trinajstić information content (AvgIpc) is 2.31. The van der Waals surface area contributed by atoms with Crippen LogP contribution >= 0.6 is 0 Å². The van der Waals surface area contributed by atoms with E-state index in [2.05, 4.69) is 36.1 Å². The van der Waals surface area contributed by atoms with Crippen LogP contribution < -0.4 is 10.1 Å². The second-order valence-electron chi connectivity index (χ2n) is 7.18. The lowest BCUT2D eigenvalue weighted by atomic mass is 10.1. The van der Waals surface area contributed by atoms with Gasteiger partial charge in [0.1, 0.15) is 6.61 Å². The molecule has 1 aromatic heterocycles. The molecule has 0 saturated carbocycles. The largest absolute Gasteiger partial charge is 0.461 e. The maximum absolute atomic E-state index is 5.59. The van der Waals surface area contributed by atoms with Crippen LogP contribution in [0.4, 0.5) is 0 Å². The van der Waals surface area contributed by atoms with Gasteiger partial charge in [0.25, 0.3) is 0 Å². The molecule has 5 nitrogen and oxygen atoms in total. The summed E-state index contributed by atoms with van der Waals surface area (Å²) in [5.41, 5.74) is 1.95. The van der Waals surface area contributed by atoms with Crippen LogP contribution in [0.15, 0.2) is 6.20 Å². The fourth-order valence-electron chi connectivity index (χ4n) is 1.55. The summed E-state index contributed by atoms with van der Waals surface area (Å²) < 4.78 is 11.1. The lowest BCUT2D eigenvalue weighted by molar-refractivity contribution is -0.0174. The van der Waals surface area contributed by atoms with E-state index in [4.69, 9.17) is 9.47 Å².